The molecule has 21 heavy (non-hydrogen) atoms. The molecular formula is C16H23N5. The van der Waals surface area contributed by atoms with E-state index in [0.717, 1.165) is 36.1 Å². The van der Waals surface area contributed by atoms with Gasteiger partial charge in [0, 0.05) is 37.3 Å². The molecule has 3 N–H and O–H groups in total. The Balaban J connectivity index is 1.93. The maximum atomic E-state index is 5.86. The standard InChI is InChI=1S/C16H23N5/c1-20-7-8-21(2)15(11-20)16(19-17)13-9-12-5-3-4-6-14(12)18-10-13/h3-6,9-10,15-16,19H,7-8,11,17H2,1-2H3. The van der Waals surface area contributed by atoms with E-state index in [2.05, 4.69) is 46.4 Å². The highest BCUT2D eigenvalue weighted by molar-refractivity contribution is 5.78. The van der Waals surface area contributed by atoms with Crippen LogP contribution in [0, 0.1) is 0 Å². The van der Waals surface area contributed by atoms with E-state index in [0.29, 0.717) is 6.04 Å². The number of nitrogens with one attached hydrogen (secondary N) is 1. The van der Waals surface area contributed by atoms with Crippen LogP contribution in [0.4, 0.5) is 0 Å². The number of hydrogen-bond acceptors (Lipinski definition) is 5. The van der Waals surface area contributed by atoms with Crippen LogP contribution in [0.3, 0.4) is 0 Å². The quantitative estimate of drug-likeness (QED) is 0.650. The lowest BCUT2D eigenvalue weighted by Gasteiger charge is -2.41. The van der Waals surface area contributed by atoms with Crippen LogP contribution < -0.4 is 11.3 Å². The average Bonchev–Trinajstić information content (AvgIpc) is 2.51. The molecule has 1 fully saturated rings. The summed E-state index contributed by atoms with van der Waals surface area (Å²) in [4.78, 5) is 9.29. The van der Waals surface area contributed by atoms with E-state index in [4.69, 9.17) is 5.84 Å². The van der Waals surface area contributed by atoms with E-state index in [-0.39, 0.29) is 6.04 Å². The third kappa shape index (κ3) is 2.91. The van der Waals surface area contributed by atoms with Gasteiger partial charge in [0.1, 0.15) is 0 Å². The molecule has 5 nitrogen and oxygen atoms in total. The monoisotopic (exact) mass is 285 g/mol. The van der Waals surface area contributed by atoms with Crippen molar-refractivity contribution < 1.29 is 0 Å². The third-order valence-corrected chi connectivity index (χ3v) is 4.43. The van der Waals surface area contributed by atoms with E-state index in [1.165, 1.54) is 0 Å². The number of para-hydroxylation sites is 1. The highest BCUT2D eigenvalue weighted by Crippen LogP contribution is 2.24. The maximum Gasteiger partial charge on any atom is 0.0702 e. The second kappa shape index (κ2) is 6.07. The maximum absolute atomic E-state index is 5.86. The van der Waals surface area contributed by atoms with Gasteiger partial charge in [-0.2, -0.15) is 0 Å². The molecule has 2 aromatic rings. The van der Waals surface area contributed by atoms with Crippen molar-refractivity contribution in [2.75, 3.05) is 33.7 Å². The zero-order valence-electron chi connectivity index (χ0n) is 12.7. The van der Waals surface area contributed by atoms with Crippen molar-refractivity contribution in [2.45, 2.75) is 12.1 Å². The van der Waals surface area contributed by atoms with Gasteiger partial charge in [-0.05, 0) is 31.8 Å². The van der Waals surface area contributed by atoms with Gasteiger partial charge >= 0.3 is 0 Å². The topological polar surface area (TPSA) is 57.4 Å². The van der Waals surface area contributed by atoms with E-state index in [9.17, 15) is 0 Å². The number of rotatable bonds is 3. The highest BCUT2D eigenvalue weighted by atomic mass is 15.3. The normalized spacial score (nSPS) is 22.5. The van der Waals surface area contributed by atoms with Crippen molar-refractivity contribution in [2.24, 2.45) is 5.84 Å². The predicted octanol–water partition coefficient (Wildman–Crippen LogP) is 0.985. The minimum Gasteiger partial charge on any atom is -0.303 e. The molecule has 0 radical (unpaired) electrons. The van der Waals surface area contributed by atoms with Crippen molar-refractivity contribution in [1.29, 1.82) is 0 Å². The molecule has 0 aliphatic carbocycles. The summed E-state index contributed by atoms with van der Waals surface area (Å²) in [6.45, 7) is 3.15. The summed E-state index contributed by atoms with van der Waals surface area (Å²) >= 11 is 0. The van der Waals surface area contributed by atoms with Crippen molar-refractivity contribution >= 4 is 10.9 Å². The summed E-state index contributed by atoms with van der Waals surface area (Å²) in [6, 6.07) is 10.8. The van der Waals surface area contributed by atoms with Crippen LogP contribution in [0.15, 0.2) is 36.5 Å². The van der Waals surface area contributed by atoms with Gasteiger partial charge < -0.3 is 4.90 Å². The van der Waals surface area contributed by atoms with Crippen LogP contribution in [0.1, 0.15) is 11.6 Å². The number of benzene rings is 1. The zero-order chi connectivity index (χ0) is 14.8. The lowest BCUT2D eigenvalue weighted by molar-refractivity contribution is 0.0876. The Morgan fingerprint density at radius 1 is 1.29 bits per heavy atom. The minimum absolute atomic E-state index is 0.0786. The van der Waals surface area contributed by atoms with E-state index in [1.54, 1.807) is 0 Å². The van der Waals surface area contributed by atoms with Crippen molar-refractivity contribution in [3.8, 4) is 0 Å². The number of hydrogen-bond donors (Lipinski definition) is 2. The Morgan fingerprint density at radius 3 is 2.90 bits per heavy atom. The Hall–Kier alpha value is -1.53. The molecule has 1 saturated heterocycles. The molecule has 1 aromatic carbocycles. The summed E-state index contributed by atoms with van der Waals surface area (Å²) in [5.74, 6) is 5.86. The van der Waals surface area contributed by atoms with E-state index >= 15 is 0 Å². The Kier molecular flexibility index (Phi) is 4.17. The minimum atomic E-state index is 0.0786. The first kappa shape index (κ1) is 14.4. The molecule has 112 valence electrons. The van der Waals surface area contributed by atoms with Gasteiger partial charge in [0.2, 0.25) is 0 Å². The summed E-state index contributed by atoms with van der Waals surface area (Å²) in [6.07, 6.45) is 1.94. The van der Waals surface area contributed by atoms with Crippen LogP contribution in [0.5, 0.6) is 0 Å². The predicted molar refractivity (Wildman–Crippen MR) is 85.7 cm³/mol. The van der Waals surface area contributed by atoms with Gasteiger partial charge in [-0.25, -0.2) is 0 Å². The Labute approximate surface area is 125 Å². The van der Waals surface area contributed by atoms with Gasteiger partial charge in [0.15, 0.2) is 0 Å². The van der Waals surface area contributed by atoms with E-state index in [1.807, 2.05) is 24.4 Å². The summed E-state index contributed by atoms with van der Waals surface area (Å²) in [5, 5.41) is 1.15. The van der Waals surface area contributed by atoms with Gasteiger partial charge in [-0.1, -0.05) is 18.2 Å². The third-order valence-electron chi connectivity index (χ3n) is 4.43. The zero-order valence-corrected chi connectivity index (χ0v) is 12.7. The van der Waals surface area contributed by atoms with Crippen LogP contribution in [0.25, 0.3) is 10.9 Å². The molecule has 2 unspecified atom stereocenters. The molecule has 0 spiro atoms. The van der Waals surface area contributed by atoms with Crippen LogP contribution in [0.2, 0.25) is 0 Å². The molecule has 1 aromatic heterocycles. The summed E-state index contributed by atoms with van der Waals surface area (Å²) < 4.78 is 0. The molecule has 2 heterocycles. The molecule has 1 aliphatic rings. The largest absolute Gasteiger partial charge is 0.303 e. The van der Waals surface area contributed by atoms with Gasteiger partial charge in [-0.3, -0.25) is 21.2 Å². The summed E-state index contributed by atoms with van der Waals surface area (Å²) in [7, 11) is 4.32. The van der Waals surface area contributed by atoms with Gasteiger partial charge in [-0.15, -0.1) is 0 Å². The number of hydrazine groups is 1. The molecule has 0 saturated carbocycles. The molecule has 3 rings (SSSR count). The Morgan fingerprint density at radius 2 is 2.10 bits per heavy atom. The fraction of sp³-hybridized carbons (Fsp3) is 0.438. The van der Waals surface area contributed by atoms with Crippen LogP contribution in [-0.2, 0) is 0 Å². The second-order valence-corrected chi connectivity index (χ2v) is 5.92. The number of fused-ring (bicyclic) bond motifs is 1. The number of piperazine rings is 1. The fourth-order valence-corrected chi connectivity index (χ4v) is 3.09. The average molecular weight is 285 g/mol. The molecule has 2 atom stereocenters. The second-order valence-electron chi connectivity index (χ2n) is 5.92. The summed E-state index contributed by atoms with van der Waals surface area (Å²) in [5.41, 5.74) is 5.16. The first-order valence-electron chi connectivity index (χ1n) is 7.38. The molecule has 0 amide bonds. The van der Waals surface area contributed by atoms with Crippen LogP contribution >= 0.6 is 0 Å². The number of aromatic nitrogens is 1. The highest BCUT2D eigenvalue weighted by Gasteiger charge is 2.30. The molecule has 5 heteroatoms. The van der Waals surface area contributed by atoms with E-state index < -0.39 is 0 Å². The first-order chi connectivity index (χ1) is 10.2. The molecule has 1 aliphatic heterocycles. The lowest BCUT2D eigenvalue weighted by atomic mass is 9.97. The van der Waals surface area contributed by atoms with Crippen LogP contribution in [-0.4, -0.2) is 54.6 Å². The van der Waals surface area contributed by atoms with Gasteiger partial charge in [0.25, 0.3) is 0 Å². The Bertz CT molecular complexity index is 614. The fourth-order valence-electron chi connectivity index (χ4n) is 3.09. The SMILES string of the molecule is CN1CCN(C)C(C(NN)c2cnc3ccccc3c2)C1. The number of nitrogens with zero attached hydrogens (tertiary/aromatic N) is 3. The van der Waals surface area contributed by atoms with Crippen molar-refractivity contribution in [3.63, 3.8) is 0 Å². The van der Waals surface area contributed by atoms with Gasteiger partial charge in [0.05, 0.1) is 11.6 Å². The molecular weight excluding hydrogens is 262 g/mol. The number of likely N-dealkylation sites (N-methyl/N-ethyl adjacent to an activating group) is 2. The number of nitrogens with two attached hydrogens (primary N) is 1. The van der Waals surface area contributed by atoms with Crippen molar-refractivity contribution in [3.05, 3.63) is 42.1 Å². The lowest BCUT2D eigenvalue weighted by Crippen LogP contribution is -2.56. The first-order valence-corrected chi connectivity index (χ1v) is 7.38. The van der Waals surface area contributed by atoms with Crippen molar-refractivity contribution in [1.82, 2.24) is 20.2 Å². The smallest absolute Gasteiger partial charge is 0.0702 e. The molecule has 0 bridgehead atoms. The number of pyridine rings is 1.